The third-order valence-corrected chi connectivity index (χ3v) is 5.88. The van der Waals surface area contributed by atoms with E-state index in [1.165, 1.54) is 30.4 Å². The van der Waals surface area contributed by atoms with Crippen LogP contribution in [0.4, 0.5) is 0 Å². The van der Waals surface area contributed by atoms with Gasteiger partial charge >= 0.3 is 0 Å². The topological polar surface area (TPSA) is 47.3 Å². The highest BCUT2D eigenvalue weighted by atomic mass is 16.2. The van der Waals surface area contributed by atoms with Crippen LogP contribution >= 0.6 is 0 Å². The zero-order valence-corrected chi connectivity index (χ0v) is 16.2. The van der Waals surface area contributed by atoms with E-state index in [1.807, 2.05) is 23.1 Å². The van der Waals surface area contributed by atoms with E-state index in [1.54, 1.807) is 0 Å². The first-order valence-corrected chi connectivity index (χ1v) is 9.71. The van der Waals surface area contributed by atoms with Gasteiger partial charge in [-0.3, -0.25) is 9.69 Å². The minimum absolute atomic E-state index is 0.00213. The van der Waals surface area contributed by atoms with Crippen LogP contribution in [0, 0.1) is 11.3 Å². The Bertz CT molecular complexity index is 738. The number of amides is 1. The molecule has 0 bridgehead atoms. The maximum absolute atomic E-state index is 13.1. The molecule has 0 radical (unpaired) electrons. The third kappa shape index (κ3) is 3.68. The highest BCUT2D eigenvalue weighted by molar-refractivity contribution is 5.97. The smallest absolute Gasteiger partial charge is 0.264 e. The first kappa shape index (κ1) is 18.7. The SMILES string of the molecule is CC1c2ccccc2CCN1C(=O)/C(C#N)=C/C(C)(C)N1CCCCC1. The standard InChI is InChI=1S/C22H29N3O/c1-17-20-10-6-5-9-18(20)11-14-25(17)21(26)19(16-23)15-22(2,3)24-12-7-4-8-13-24/h5-6,9-10,15,17H,4,7-8,11-14H2,1-3H3/b19-15+. The maximum atomic E-state index is 13.1. The van der Waals surface area contributed by atoms with Crippen molar-refractivity contribution in [1.82, 2.24) is 9.80 Å². The molecule has 1 fully saturated rings. The number of hydrogen-bond donors (Lipinski definition) is 0. The van der Waals surface area contributed by atoms with Gasteiger partial charge in [-0.15, -0.1) is 0 Å². The third-order valence-electron chi connectivity index (χ3n) is 5.88. The highest BCUT2D eigenvalue weighted by Gasteiger charge is 2.32. The number of rotatable bonds is 3. The lowest BCUT2D eigenvalue weighted by molar-refractivity contribution is -0.129. The molecule has 138 valence electrons. The Morgan fingerprint density at radius 1 is 1.19 bits per heavy atom. The molecule has 1 unspecified atom stereocenters. The second-order valence-electron chi connectivity index (χ2n) is 7.99. The fourth-order valence-electron chi connectivity index (χ4n) is 4.26. The molecule has 0 N–H and O–H groups in total. The summed E-state index contributed by atoms with van der Waals surface area (Å²) in [6.45, 7) is 9.00. The van der Waals surface area contributed by atoms with E-state index in [0.717, 1.165) is 19.5 Å². The Labute approximate surface area is 157 Å². The van der Waals surface area contributed by atoms with Crippen molar-refractivity contribution in [2.75, 3.05) is 19.6 Å². The first-order chi connectivity index (χ1) is 12.4. The van der Waals surface area contributed by atoms with Gasteiger partial charge in [0, 0.05) is 12.1 Å². The molecule has 26 heavy (non-hydrogen) atoms. The van der Waals surface area contributed by atoms with Crippen molar-refractivity contribution >= 4 is 5.91 Å². The van der Waals surface area contributed by atoms with E-state index in [4.69, 9.17) is 0 Å². The van der Waals surface area contributed by atoms with Crippen LogP contribution in [-0.2, 0) is 11.2 Å². The van der Waals surface area contributed by atoms with E-state index in [0.29, 0.717) is 6.54 Å². The molecule has 1 saturated heterocycles. The largest absolute Gasteiger partial charge is 0.331 e. The van der Waals surface area contributed by atoms with Crippen molar-refractivity contribution in [3.63, 3.8) is 0 Å². The van der Waals surface area contributed by atoms with Crippen LogP contribution in [0.5, 0.6) is 0 Å². The Balaban J connectivity index is 1.82. The van der Waals surface area contributed by atoms with Gasteiger partial charge in [-0.1, -0.05) is 30.7 Å². The summed E-state index contributed by atoms with van der Waals surface area (Å²) >= 11 is 0. The summed E-state index contributed by atoms with van der Waals surface area (Å²) in [6.07, 6.45) is 6.37. The molecule has 0 aromatic heterocycles. The minimum Gasteiger partial charge on any atom is -0.331 e. The van der Waals surface area contributed by atoms with Crippen LogP contribution in [0.2, 0.25) is 0 Å². The molecule has 1 aromatic carbocycles. The van der Waals surface area contributed by atoms with E-state index in [2.05, 4.69) is 43.9 Å². The Hall–Kier alpha value is -2.12. The van der Waals surface area contributed by atoms with Crippen molar-refractivity contribution in [3.8, 4) is 6.07 Å². The Morgan fingerprint density at radius 2 is 1.88 bits per heavy atom. The van der Waals surface area contributed by atoms with Crippen LogP contribution in [0.15, 0.2) is 35.9 Å². The van der Waals surface area contributed by atoms with E-state index < -0.39 is 0 Å². The van der Waals surface area contributed by atoms with Crippen molar-refractivity contribution < 1.29 is 4.79 Å². The van der Waals surface area contributed by atoms with Crippen LogP contribution in [-0.4, -0.2) is 40.9 Å². The monoisotopic (exact) mass is 351 g/mol. The summed E-state index contributed by atoms with van der Waals surface area (Å²) in [5, 5.41) is 9.69. The van der Waals surface area contributed by atoms with Gasteiger partial charge in [-0.25, -0.2) is 0 Å². The summed E-state index contributed by atoms with van der Waals surface area (Å²) in [5.74, 6) is -0.139. The number of carbonyl (C=O) groups is 1. The summed E-state index contributed by atoms with van der Waals surface area (Å²) in [6, 6.07) is 10.5. The van der Waals surface area contributed by atoms with E-state index in [-0.39, 0.29) is 23.1 Å². The van der Waals surface area contributed by atoms with Gasteiger partial charge in [-0.05, 0) is 70.3 Å². The van der Waals surface area contributed by atoms with E-state index >= 15 is 0 Å². The van der Waals surface area contributed by atoms with Crippen LogP contribution in [0.25, 0.3) is 0 Å². The zero-order chi connectivity index (χ0) is 18.7. The van der Waals surface area contributed by atoms with Crippen molar-refractivity contribution in [2.45, 2.75) is 58.0 Å². The number of hydrogen-bond acceptors (Lipinski definition) is 3. The average molecular weight is 351 g/mol. The molecule has 1 aromatic rings. The normalized spacial score (nSPS) is 21.8. The molecule has 1 atom stereocenters. The van der Waals surface area contributed by atoms with Gasteiger partial charge in [0.2, 0.25) is 0 Å². The van der Waals surface area contributed by atoms with Gasteiger partial charge in [0.15, 0.2) is 0 Å². The number of nitrogens with zero attached hydrogens (tertiary/aromatic N) is 3. The van der Waals surface area contributed by atoms with Crippen LogP contribution in [0.3, 0.4) is 0 Å². The predicted octanol–water partition coefficient (Wildman–Crippen LogP) is 3.85. The molecule has 4 heteroatoms. The fraction of sp³-hybridized carbons (Fsp3) is 0.545. The summed E-state index contributed by atoms with van der Waals surface area (Å²) in [7, 11) is 0. The lowest BCUT2D eigenvalue weighted by Gasteiger charge is -2.40. The van der Waals surface area contributed by atoms with E-state index in [9.17, 15) is 10.1 Å². The summed E-state index contributed by atoms with van der Waals surface area (Å²) in [4.78, 5) is 17.4. The van der Waals surface area contributed by atoms with Gasteiger partial charge < -0.3 is 4.90 Å². The molecule has 2 heterocycles. The minimum atomic E-state index is -0.280. The fourth-order valence-corrected chi connectivity index (χ4v) is 4.26. The highest BCUT2D eigenvalue weighted by Crippen LogP contribution is 2.31. The van der Waals surface area contributed by atoms with Crippen molar-refractivity contribution in [2.24, 2.45) is 0 Å². The van der Waals surface area contributed by atoms with Crippen molar-refractivity contribution in [1.29, 1.82) is 5.26 Å². The number of piperidine rings is 1. The molecule has 0 spiro atoms. The second-order valence-corrected chi connectivity index (χ2v) is 7.99. The average Bonchev–Trinajstić information content (AvgIpc) is 2.67. The molecule has 1 amide bonds. The molecule has 2 aliphatic rings. The number of likely N-dealkylation sites (tertiary alicyclic amines) is 1. The summed E-state index contributed by atoms with van der Waals surface area (Å²) in [5.41, 5.74) is 2.49. The van der Waals surface area contributed by atoms with Crippen LogP contribution in [0.1, 0.15) is 57.2 Å². The molecule has 3 rings (SSSR count). The zero-order valence-electron chi connectivity index (χ0n) is 16.2. The Morgan fingerprint density at radius 3 is 2.58 bits per heavy atom. The summed E-state index contributed by atoms with van der Waals surface area (Å²) < 4.78 is 0. The van der Waals surface area contributed by atoms with Gasteiger partial charge in [0.1, 0.15) is 11.6 Å². The van der Waals surface area contributed by atoms with Crippen molar-refractivity contribution in [3.05, 3.63) is 47.0 Å². The van der Waals surface area contributed by atoms with Gasteiger partial charge in [-0.2, -0.15) is 5.26 Å². The number of carbonyl (C=O) groups excluding carboxylic acids is 1. The maximum Gasteiger partial charge on any atom is 0.264 e. The quantitative estimate of drug-likeness (QED) is 0.614. The molecule has 2 aliphatic heterocycles. The molecular formula is C22H29N3O. The van der Waals surface area contributed by atoms with Crippen LogP contribution < -0.4 is 0 Å². The second kappa shape index (κ2) is 7.63. The molecular weight excluding hydrogens is 322 g/mol. The van der Waals surface area contributed by atoms with Gasteiger partial charge in [0.05, 0.1) is 6.04 Å². The lowest BCUT2D eigenvalue weighted by atomic mass is 9.92. The predicted molar refractivity (Wildman–Crippen MR) is 103 cm³/mol. The number of benzene rings is 1. The molecule has 4 nitrogen and oxygen atoms in total. The van der Waals surface area contributed by atoms with Gasteiger partial charge in [0.25, 0.3) is 5.91 Å². The number of nitriles is 1. The number of fused-ring (bicyclic) bond motifs is 1. The Kier molecular flexibility index (Phi) is 5.48. The molecule has 0 aliphatic carbocycles. The lowest BCUT2D eigenvalue weighted by Crippen LogP contribution is -2.46. The molecule has 0 saturated carbocycles. The first-order valence-electron chi connectivity index (χ1n) is 9.71.